The molecule has 1 aromatic heterocycles. The molecule has 0 bridgehead atoms. The largest absolute Gasteiger partial charge is 0.497 e. The number of nitrogens with zero attached hydrogens (tertiary/aromatic N) is 2. The van der Waals surface area contributed by atoms with Gasteiger partial charge in [-0.05, 0) is 61.0 Å². The molecule has 32 heavy (non-hydrogen) atoms. The van der Waals surface area contributed by atoms with Gasteiger partial charge in [0.1, 0.15) is 11.6 Å². The molecule has 1 aliphatic rings. The second-order valence-corrected chi connectivity index (χ2v) is 7.60. The van der Waals surface area contributed by atoms with Crippen LogP contribution in [-0.4, -0.2) is 22.6 Å². The van der Waals surface area contributed by atoms with Crippen LogP contribution in [0.25, 0.3) is 11.0 Å². The number of nitrogens with one attached hydrogen (secondary N) is 2. The third-order valence-corrected chi connectivity index (χ3v) is 5.59. The highest BCUT2D eigenvalue weighted by Gasteiger charge is 2.34. The number of allylic oxidation sites excluding steroid dienone is 1. The number of anilines is 2. The summed E-state index contributed by atoms with van der Waals surface area (Å²) in [5, 5.41) is 6.21. The molecular formula is C25H21FN4O2. The van der Waals surface area contributed by atoms with Crippen molar-refractivity contribution >= 4 is 28.6 Å². The predicted octanol–water partition coefficient (Wildman–Crippen LogP) is 5.11. The smallest absolute Gasteiger partial charge is 0.255 e. The number of ether oxygens (including phenoxy) is 1. The Bertz CT molecular complexity index is 1360. The van der Waals surface area contributed by atoms with Crippen LogP contribution in [0.5, 0.6) is 5.75 Å². The zero-order valence-corrected chi connectivity index (χ0v) is 17.6. The van der Waals surface area contributed by atoms with Crippen molar-refractivity contribution in [2.75, 3.05) is 17.7 Å². The first-order valence-corrected chi connectivity index (χ1v) is 10.2. The number of hydrogen-bond acceptors (Lipinski definition) is 4. The lowest BCUT2D eigenvalue weighted by Gasteiger charge is -2.30. The van der Waals surface area contributed by atoms with Gasteiger partial charge in [-0.15, -0.1) is 0 Å². The van der Waals surface area contributed by atoms with Gasteiger partial charge in [-0.2, -0.15) is 0 Å². The molecule has 2 heterocycles. The Morgan fingerprint density at radius 3 is 2.62 bits per heavy atom. The number of rotatable bonds is 4. The van der Waals surface area contributed by atoms with E-state index < -0.39 is 6.04 Å². The highest BCUT2D eigenvalue weighted by molar-refractivity contribution is 6.06. The number of fused-ring (bicyclic) bond motifs is 3. The molecule has 0 fully saturated rings. The van der Waals surface area contributed by atoms with Crippen LogP contribution >= 0.6 is 0 Å². The molecule has 3 aromatic carbocycles. The number of aromatic nitrogens is 2. The average molecular weight is 428 g/mol. The van der Waals surface area contributed by atoms with Crippen LogP contribution in [0.3, 0.4) is 0 Å². The molecule has 0 saturated carbocycles. The van der Waals surface area contributed by atoms with Crippen molar-refractivity contribution in [2.24, 2.45) is 0 Å². The molecule has 0 aliphatic carbocycles. The van der Waals surface area contributed by atoms with E-state index in [2.05, 4.69) is 15.6 Å². The Labute approximate surface area is 184 Å². The van der Waals surface area contributed by atoms with Crippen LogP contribution in [0.1, 0.15) is 18.5 Å². The molecule has 0 saturated heterocycles. The van der Waals surface area contributed by atoms with E-state index in [9.17, 15) is 9.18 Å². The number of carbonyl (C=O) groups is 1. The Morgan fingerprint density at radius 2 is 1.88 bits per heavy atom. The molecule has 5 rings (SSSR count). The van der Waals surface area contributed by atoms with Gasteiger partial charge in [0.15, 0.2) is 0 Å². The van der Waals surface area contributed by atoms with Gasteiger partial charge >= 0.3 is 0 Å². The molecule has 1 aliphatic heterocycles. The average Bonchev–Trinajstić information content (AvgIpc) is 3.16. The number of carbonyl (C=O) groups excluding carboxylic acids is 1. The molecule has 1 amide bonds. The van der Waals surface area contributed by atoms with E-state index in [1.165, 1.54) is 12.1 Å². The van der Waals surface area contributed by atoms with E-state index in [1.807, 2.05) is 41.8 Å². The number of methoxy groups -OCH3 is 1. The second kappa shape index (κ2) is 7.85. The van der Waals surface area contributed by atoms with Gasteiger partial charge < -0.3 is 15.4 Å². The highest BCUT2D eigenvalue weighted by atomic mass is 19.1. The van der Waals surface area contributed by atoms with Crippen molar-refractivity contribution in [2.45, 2.75) is 13.0 Å². The summed E-state index contributed by atoms with van der Waals surface area (Å²) in [6.45, 7) is 1.83. The lowest BCUT2D eigenvalue weighted by molar-refractivity contribution is -0.113. The van der Waals surface area contributed by atoms with Gasteiger partial charge in [0.05, 0.1) is 29.8 Å². The first-order valence-electron chi connectivity index (χ1n) is 10.2. The Morgan fingerprint density at radius 1 is 1.09 bits per heavy atom. The molecule has 2 N–H and O–H groups in total. The molecule has 160 valence electrons. The lowest BCUT2D eigenvalue weighted by Crippen LogP contribution is -2.31. The Kier molecular flexibility index (Phi) is 4.86. The van der Waals surface area contributed by atoms with Crippen LogP contribution in [-0.2, 0) is 4.79 Å². The topological polar surface area (TPSA) is 68.2 Å². The fraction of sp³-hybridized carbons (Fsp3) is 0.120. The van der Waals surface area contributed by atoms with Crippen LogP contribution in [0, 0.1) is 5.82 Å². The van der Waals surface area contributed by atoms with Crippen molar-refractivity contribution in [3.63, 3.8) is 0 Å². The fourth-order valence-electron chi connectivity index (χ4n) is 4.12. The zero-order chi connectivity index (χ0) is 22.2. The van der Waals surface area contributed by atoms with E-state index in [4.69, 9.17) is 4.74 Å². The minimum absolute atomic E-state index is 0.280. The van der Waals surface area contributed by atoms with Crippen LogP contribution < -0.4 is 15.4 Å². The molecular weight excluding hydrogens is 407 g/mol. The van der Waals surface area contributed by atoms with Gasteiger partial charge in [-0.1, -0.05) is 24.3 Å². The highest BCUT2D eigenvalue weighted by Crippen LogP contribution is 2.39. The van der Waals surface area contributed by atoms with Gasteiger partial charge in [0, 0.05) is 11.4 Å². The standard InChI is InChI=1S/C25H21FN4O2/c1-15-22(24(31)28-18-10-12-19(32-2)13-11-18)23(16-6-5-7-17(26)14-16)30-21-9-4-3-8-20(21)29-25(30)27-15/h3-14,23H,1-2H3,(H,27,29)(H,28,31)/t23-/m1/s1. The maximum absolute atomic E-state index is 14.2. The molecule has 7 heteroatoms. The number of amides is 1. The van der Waals surface area contributed by atoms with Crippen molar-refractivity contribution in [1.29, 1.82) is 0 Å². The molecule has 0 radical (unpaired) electrons. The molecule has 1 atom stereocenters. The Hall–Kier alpha value is -4.13. The number of imidazole rings is 1. The predicted molar refractivity (Wildman–Crippen MR) is 122 cm³/mol. The quantitative estimate of drug-likeness (QED) is 0.474. The monoisotopic (exact) mass is 428 g/mol. The summed E-state index contributed by atoms with van der Waals surface area (Å²) in [5.74, 6) is 0.668. The van der Waals surface area contributed by atoms with Crippen molar-refractivity contribution < 1.29 is 13.9 Å². The van der Waals surface area contributed by atoms with Crippen LogP contribution in [0.4, 0.5) is 16.0 Å². The fourth-order valence-corrected chi connectivity index (χ4v) is 4.12. The van der Waals surface area contributed by atoms with Crippen molar-refractivity contribution in [3.05, 3.63) is 95.4 Å². The lowest BCUT2D eigenvalue weighted by atomic mass is 9.94. The Balaban J connectivity index is 1.63. The van der Waals surface area contributed by atoms with Crippen LogP contribution in [0.15, 0.2) is 84.1 Å². The summed E-state index contributed by atoms with van der Waals surface area (Å²) in [6.07, 6.45) is 0. The summed E-state index contributed by atoms with van der Waals surface area (Å²) in [4.78, 5) is 18.2. The van der Waals surface area contributed by atoms with E-state index in [0.717, 1.165) is 11.0 Å². The molecule has 4 aromatic rings. The van der Waals surface area contributed by atoms with E-state index in [1.54, 1.807) is 37.4 Å². The first-order chi connectivity index (χ1) is 15.5. The number of hydrogen-bond donors (Lipinski definition) is 2. The second-order valence-electron chi connectivity index (χ2n) is 7.60. The zero-order valence-electron chi connectivity index (χ0n) is 17.6. The SMILES string of the molecule is COc1ccc(NC(=O)C2=C(C)Nc3nc4ccccc4n3[C@@H]2c2cccc(F)c2)cc1. The van der Waals surface area contributed by atoms with E-state index in [-0.39, 0.29) is 11.7 Å². The maximum Gasteiger partial charge on any atom is 0.255 e. The van der Waals surface area contributed by atoms with Crippen LogP contribution in [0.2, 0.25) is 0 Å². The summed E-state index contributed by atoms with van der Waals surface area (Å²) >= 11 is 0. The van der Waals surface area contributed by atoms with Gasteiger partial charge in [-0.3, -0.25) is 9.36 Å². The minimum atomic E-state index is -0.549. The molecule has 0 spiro atoms. The third kappa shape index (κ3) is 3.37. The molecule has 0 unspecified atom stereocenters. The third-order valence-electron chi connectivity index (χ3n) is 5.59. The van der Waals surface area contributed by atoms with Gasteiger partial charge in [0.2, 0.25) is 5.95 Å². The minimum Gasteiger partial charge on any atom is -0.497 e. The van der Waals surface area contributed by atoms with Crippen molar-refractivity contribution in [1.82, 2.24) is 9.55 Å². The summed E-state index contributed by atoms with van der Waals surface area (Å²) in [6, 6.07) is 20.6. The van der Waals surface area contributed by atoms with E-state index in [0.29, 0.717) is 34.2 Å². The van der Waals surface area contributed by atoms with Gasteiger partial charge in [-0.25, -0.2) is 9.37 Å². The molecule has 6 nitrogen and oxygen atoms in total. The first kappa shape index (κ1) is 19.8. The van der Waals surface area contributed by atoms with Crippen molar-refractivity contribution in [3.8, 4) is 5.75 Å². The van der Waals surface area contributed by atoms with Gasteiger partial charge in [0.25, 0.3) is 5.91 Å². The normalized spacial score (nSPS) is 15.3. The summed E-state index contributed by atoms with van der Waals surface area (Å²) in [7, 11) is 1.59. The summed E-state index contributed by atoms with van der Waals surface area (Å²) < 4.78 is 21.3. The maximum atomic E-state index is 14.2. The summed E-state index contributed by atoms with van der Waals surface area (Å²) in [5.41, 5.74) is 4.09. The number of benzene rings is 3. The van der Waals surface area contributed by atoms with E-state index >= 15 is 0 Å². The number of para-hydroxylation sites is 2. The number of halogens is 1.